The maximum Gasteiger partial charge on any atom is 0.231 e. The van der Waals surface area contributed by atoms with E-state index in [1.807, 2.05) is 45.9 Å². The van der Waals surface area contributed by atoms with Gasteiger partial charge in [-0.05, 0) is 29.0 Å². The highest BCUT2D eigenvalue weighted by molar-refractivity contribution is 6.02. The number of carbonyl (C=O) groups is 1. The van der Waals surface area contributed by atoms with Gasteiger partial charge < -0.3 is 10.4 Å². The van der Waals surface area contributed by atoms with Crippen LogP contribution in [0.3, 0.4) is 0 Å². The molecule has 3 heteroatoms. The fourth-order valence-corrected chi connectivity index (χ4v) is 2.42. The van der Waals surface area contributed by atoms with Crippen LogP contribution in [0.15, 0.2) is 18.2 Å². The van der Waals surface area contributed by atoms with Crippen molar-refractivity contribution in [1.29, 1.82) is 0 Å². The van der Waals surface area contributed by atoms with Crippen molar-refractivity contribution in [2.24, 2.45) is 5.41 Å². The summed E-state index contributed by atoms with van der Waals surface area (Å²) in [6.07, 6.45) is 0.268. The van der Waals surface area contributed by atoms with E-state index in [0.29, 0.717) is 0 Å². The molecule has 18 heavy (non-hydrogen) atoms. The molecule has 0 fully saturated rings. The number of hydrogen-bond acceptors (Lipinski definition) is 2. The highest BCUT2D eigenvalue weighted by atomic mass is 16.3. The van der Waals surface area contributed by atoms with Crippen LogP contribution in [0.5, 0.6) is 0 Å². The van der Waals surface area contributed by atoms with Crippen LogP contribution in [-0.2, 0) is 4.79 Å². The molecule has 1 aromatic rings. The van der Waals surface area contributed by atoms with Crippen molar-refractivity contribution < 1.29 is 9.90 Å². The summed E-state index contributed by atoms with van der Waals surface area (Å²) in [7, 11) is 0. The van der Waals surface area contributed by atoms with Gasteiger partial charge in [-0.1, -0.05) is 39.8 Å². The van der Waals surface area contributed by atoms with Gasteiger partial charge in [0.15, 0.2) is 0 Å². The minimum atomic E-state index is -0.518. The molecule has 2 unspecified atom stereocenters. The van der Waals surface area contributed by atoms with Crippen molar-refractivity contribution in [3.05, 3.63) is 29.3 Å². The average molecular weight is 247 g/mol. The van der Waals surface area contributed by atoms with Crippen LogP contribution in [0.1, 0.15) is 57.3 Å². The molecule has 1 amide bonds. The van der Waals surface area contributed by atoms with Gasteiger partial charge in [-0.2, -0.15) is 0 Å². The second-order valence-electron chi connectivity index (χ2n) is 6.07. The number of aliphatic hydroxyl groups is 1. The summed E-state index contributed by atoms with van der Waals surface area (Å²) in [5.74, 6) is -0.0120. The zero-order chi connectivity index (χ0) is 13.5. The Morgan fingerprint density at radius 3 is 2.61 bits per heavy atom. The lowest BCUT2D eigenvalue weighted by Gasteiger charge is -2.26. The third-order valence-corrected chi connectivity index (χ3v) is 3.57. The van der Waals surface area contributed by atoms with Crippen LogP contribution >= 0.6 is 0 Å². The molecule has 2 N–H and O–H groups in total. The number of aliphatic hydroxyl groups excluding tert-OH is 1. The smallest absolute Gasteiger partial charge is 0.231 e. The van der Waals surface area contributed by atoms with Crippen LogP contribution in [0.4, 0.5) is 5.69 Å². The molecule has 0 saturated carbocycles. The number of carbonyl (C=O) groups excluding carboxylic acids is 1. The lowest BCUT2D eigenvalue weighted by molar-refractivity contribution is -0.117. The normalized spacial score (nSPS) is 20.5. The second kappa shape index (κ2) is 4.39. The van der Waals surface area contributed by atoms with Gasteiger partial charge >= 0.3 is 0 Å². The minimum Gasteiger partial charge on any atom is -0.388 e. The van der Waals surface area contributed by atoms with Gasteiger partial charge in [0, 0.05) is 5.69 Å². The Labute approximate surface area is 108 Å². The van der Waals surface area contributed by atoms with E-state index >= 15 is 0 Å². The Morgan fingerprint density at radius 1 is 1.39 bits per heavy atom. The topological polar surface area (TPSA) is 49.3 Å². The first-order valence-corrected chi connectivity index (χ1v) is 6.47. The molecule has 0 bridgehead atoms. The van der Waals surface area contributed by atoms with Gasteiger partial charge in [0.2, 0.25) is 5.91 Å². The summed E-state index contributed by atoms with van der Waals surface area (Å²) in [4.78, 5) is 11.8. The molecule has 1 aliphatic rings. The number of rotatable bonds is 2. The van der Waals surface area contributed by atoms with Gasteiger partial charge in [0.1, 0.15) is 0 Å². The molecule has 1 heterocycles. The predicted molar refractivity (Wildman–Crippen MR) is 72.5 cm³/mol. The zero-order valence-electron chi connectivity index (χ0n) is 11.4. The molecule has 0 saturated heterocycles. The fourth-order valence-electron chi connectivity index (χ4n) is 2.42. The molecule has 1 aromatic carbocycles. The van der Waals surface area contributed by atoms with E-state index in [1.165, 1.54) is 0 Å². The summed E-state index contributed by atoms with van der Waals surface area (Å²) >= 11 is 0. The minimum absolute atomic E-state index is 0.0647. The second-order valence-corrected chi connectivity index (χ2v) is 6.07. The molecule has 1 aliphatic heterocycles. The number of nitrogens with one attached hydrogen (secondary N) is 1. The fraction of sp³-hybridized carbons (Fsp3) is 0.533. The molecule has 0 radical (unpaired) electrons. The van der Waals surface area contributed by atoms with Crippen molar-refractivity contribution in [2.75, 3.05) is 5.32 Å². The van der Waals surface area contributed by atoms with Gasteiger partial charge in [0.05, 0.1) is 12.0 Å². The molecular formula is C15H21NO2. The van der Waals surface area contributed by atoms with E-state index in [0.717, 1.165) is 23.2 Å². The summed E-state index contributed by atoms with van der Waals surface area (Å²) < 4.78 is 0. The third kappa shape index (κ3) is 2.15. The van der Waals surface area contributed by atoms with E-state index in [-0.39, 0.29) is 17.2 Å². The molecular weight excluding hydrogens is 226 g/mol. The van der Waals surface area contributed by atoms with Crippen molar-refractivity contribution >= 4 is 11.6 Å². The first kappa shape index (κ1) is 13.1. The predicted octanol–water partition coefficient (Wildman–Crippen LogP) is 3.21. The lowest BCUT2D eigenvalue weighted by Crippen LogP contribution is -2.18. The number of amides is 1. The van der Waals surface area contributed by atoms with Crippen LogP contribution in [0, 0.1) is 5.41 Å². The zero-order valence-corrected chi connectivity index (χ0v) is 11.4. The van der Waals surface area contributed by atoms with Crippen LogP contribution in [-0.4, -0.2) is 11.0 Å². The maximum atomic E-state index is 11.8. The number of fused-ring (bicyclic) bond motifs is 1. The first-order valence-electron chi connectivity index (χ1n) is 6.47. The van der Waals surface area contributed by atoms with Crippen LogP contribution in [0.2, 0.25) is 0 Å². The summed E-state index contributed by atoms with van der Waals surface area (Å²) in [6.45, 7) is 8.02. The largest absolute Gasteiger partial charge is 0.388 e. The average Bonchev–Trinajstić information content (AvgIpc) is 2.61. The van der Waals surface area contributed by atoms with Crippen LogP contribution < -0.4 is 5.32 Å². The summed E-state index contributed by atoms with van der Waals surface area (Å²) in [5.41, 5.74) is 2.59. The van der Waals surface area contributed by atoms with E-state index in [2.05, 4.69) is 5.32 Å². The van der Waals surface area contributed by atoms with E-state index in [4.69, 9.17) is 0 Å². The van der Waals surface area contributed by atoms with Crippen molar-refractivity contribution in [2.45, 2.75) is 46.1 Å². The molecule has 3 nitrogen and oxygen atoms in total. The van der Waals surface area contributed by atoms with Crippen molar-refractivity contribution in [1.82, 2.24) is 0 Å². The quantitative estimate of drug-likeness (QED) is 0.843. The highest BCUT2D eigenvalue weighted by Gasteiger charge is 2.31. The molecule has 98 valence electrons. The Kier molecular flexibility index (Phi) is 3.20. The standard InChI is InChI=1S/C15H21NO2/c1-5-10-11-8-9(13(17)15(2,3)4)6-7-12(11)16-14(10)18/h6-8,10,13,17H,5H2,1-4H3,(H,16,18). The van der Waals surface area contributed by atoms with Crippen molar-refractivity contribution in [3.63, 3.8) is 0 Å². The van der Waals surface area contributed by atoms with E-state index < -0.39 is 6.10 Å². The Bertz CT molecular complexity index is 474. The molecule has 2 rings (SSSR count). The summed E-state index contributed by atoms with van der Waals surface area (Å²) in [6, 6.07) is 5.76. The molecule has 0 aliphatic carbocycles. The molecule has 2 atom stereocenters. The SMILES string of the molecule is CCC1C(=O)Nc2ccc(C(O)C(C)(C)C)cc21. The van der Waals surface area contributed by atoms with Gasteiger partial charge in [0.25, 0.3) is 0 Å². The maximum absolute atomic E-state index is 11.8. The third-order valence-electron chi connectivity index (χ3n) is 3.57. The van der Waals surface area contributed by atoms with E-state index in [1.54, 1.807) is 0 Å². The first-order chi connectivity index (χ1) is 8.34. The Balaban J connectivity index is 2.39. The summed E-state index contributed by atoms with van der Waals surface area (Å²) in [5, 5.41) is 13.2. The van der Waals surface area contributed by atoms with Gasteiger partial charge in [-0.25, -0.2) is 0 Å². The number of hydrogen-bond donors (Lipinski definition) is 2. The van der Waals surface area contributed by atoms with E-state index in [9.17, 15) is 9.90 Å². The van der Waals surface area contributed by atoms with Crippen LogP contribution in [0.25, 0.3) is 0 Å². The van der Waals surface area contributed by atoms with Gasteiger partial charge in [-0.15, -0.1) is 0 Å². The monoisotopic (exact) mass is 247 g/mol. The molecule has 0 aromatic heterocycles. The molecule has 0 spiro atoms. The lowest BCUT2D eigenvalue weighted by atomic mass is 9.83. The number of anilines is 1. The Morgan fingerprint density at radius 2 is 2.06 bits per heavy atom. The number of benzene rings is 1. The Hall–Kier alpha value is -1.35. The highest BCUT2D eigenvalue weighted by Crippen LogP contribution is 2.39. The van der Waals surface area contributed by atoms with Crippen molar-refractivity contribution in [3.8, 4) is 0 Å². The van der Waals surface area contributed by atoms with Gasteiger partial charge in [-0.3, -0.25) is 4.79 Å².